The molecule has 0 radical (unpaired) electrons. The van der Waals surface area contributed by atoms with E-state index in [9.17, 15) is 4.79 Å². The lowest BCUT2D eigenvalue weighted by Gasteiger charge is -2.31. The second kappa shape index (κ2) is 19.5. The zero-order chi connectivity index (χ0) is 34.5. The monoisotopic (exact) mass is 699 g/mol. The third-order valence-corrected chi connectivity index (χ3v) is 12.5. The Morgan fingerprint density at radius 2 is 1.49 bits per heavy atom. The predicted molar refractivity (Wildman–Crippen MR) is 205 cm³/mol. The Morgan fingerprint density at radius 3 is 2.02 bits per heavy atom. The number of carbonyl (C=O) groups is 1. The highest BCUT2D eigenvalue weighted by Crippen LogP contribution is 2.47. The molecule has 0 bridgehead atoms. The molecule has 6 nitrogen and oxygen atoms in total. The first-order chi connectivity index (χ1) is 20.6. The summed E-state index contributed by atoms with van der Waals surface area (Å²) in [7, 11) is -6.63. The van der Waals surface area contributed by atoms with Gasteiger partial charge in [0, 0.05) is 20.6 Å². The van der Waals surface area contributed by atoms with Gasteiger partial charge in [0.2, 0.25) is 8.32 Å². The van der Waals surface area contributed by atoms with Crippen molar-refractivity contribution in [3.8, 4) is 0 Å². The van der Waals surface area contributed by atoms with Gasteiger partial charge < -0.3 is 18.1 Å². The van der Waals surface area contributed by atoms with Crippen molar-refractivity contribution >= 4 is 44.7 Å². The Morgan fingerprint density at radius 1 is 0.844 bits per heavy atom. The second-order valence-electron chi connectivity index (χ2n) is 17.5. The van der Waals surface area contributed by atoms with Crippen molar-refractivity contribution in [3.05, 3.63) is 12.2 Å². The minimum Gasteiger partial charge on any atom is -0.520 e. The lowest BCUT2D eigenvalue weighted by molar-refractivity contribution is -0.135. The van der Waals surface area contributed by atoms with Crippen molar-refractivity contribution in [3.63, 3.8) is 0 Å². The summed E-state index contributed by atoms with van der Waals surface area (Å²) in [6.45, 7) is 32.4. The van der Waals surface area contributed by atoms with Crippen LogP contribution in [0, 0.1) is 17.8 Å². The van der Waals surface area contributed by atoms with E-state index in [1.807, 2.05) is 6.92 Å². The molecule has 1 aliphatic rings. The van der Waals surface area contributed by atoms with E-state index in [-0.39, 0.29) is 18.2 Å². The molecule has 0 saturated heterocycles. The molecule has 0 unspecified atom stereocenters. The number of oxime groups is 1. The van der Waals surface area contributed by atoms with Gasteiger partial charge in [-0.1, -0.05) is 69.2 Å². The highest BCUT2D eigenvalue weighted by Gasteiger charge is 2.45. The van der Waals surface area contributed by atoms with Crippen molar-refractivity contribution in [2.24, 2.45) is 22.9 Å². The molecule has 1 rings (SSSR count). The molecule has 0 aromatic heterocycles. The number of carbonyl (C=O) groups excluding carboxylic acids is 1. The van der Waals surface area contributed by atoms with E-state index in [0.717, 1.165) is 44.2 Å². The number of rotatable bonds is 22. The normalized spacial score (nSPS) is 22.7. The van der Waals surface area contributed by atoms with Gasteiger partial charge in [0.05, 0.1) is 11.8 Å². The minimum atomic E-state index is -1.86. The maximum atomic E-state index is 12.4. The molecule has 0 aromatic carbocycles. The molecule has 0 N–H and O–H groups in total. The molecular formula is C35H73NO5Si4. The Labute approximate surface area is 283 Å². The molecule has 10 heteroatoms. The van der Waals surface area contributed by atoms with Gasteiger partial charge in [0.1, 0.15) is 6.61 Å². The van der Waals surface area contributed by atoms with Gasteiger partial charge in [0.25, 0.3) is 5.97 Å². The summed E-state index contributed by atoms with van der Waals surface area (Å²) in [5.74, 6) is 1.32. The molecule has 45 heavy (non-hydrogen) atoms. The third-order valence-electron chi connectivity index (χ3n) is 7.89. The van der Waals surface area contributed by atoms with E-state index < -0.39 is 33.0 Å². The van der Waals surface area contributed by atoms with Crippen molar-refractivity contribution in [1.29, 1.82) is 0 Å². The van der Waals surface area contributed by atoms with E-state index in [0.29, 0.717) is 30.8 Å². The SMILES string of the molecule is CCCCC[C@@H](/C=C/[C@@H]1[C@H](C[Si](C)(C)C)C[C@H](O[Si](C)(C)C)[C@H]1C/C(CCCCC(=O)O[Si](C)(C)C)=N/OCC)O[Si](C)(C)C. The minimum absolute atomic E-state index is 0.0646. The van der Waals surface area contributed by atoms with Crippen molar-refractivity contribution in [2.75, 3.05) is 6.61 Å². The Kier molecular flexibility index (Phi) is 18.4. The molecule has 0 aromatic rings. The predicted octanol–water partition coefficient (Wildman–Crippen LogP) is 10.9. The van der Waals surface area contributed by atoms with E-state index in [2.05, 4.69) is 103 Å². The summed E-state index contributed by atoms with van der Waals surface area (Å²) < 4.78 is 19.4. The van der Waals surface area contributed by atoms with Crippen LogP contribution in [-0.4, -0.2) is 63.5 Å². The first-order valence-electron chi connectivity index (χ1n) is 18.1. The zero-order valence-electron chi connectivity index (χ0n) is 32.0. The Balaban J connectivity index is 3.35. The summed E-state index contributed by atoms with van der Waals surface area (Å²) >= 11 is 0. The topological polar surface area (TPSA) is 66.4 Å². The van der Waals surface area contributed by atoms with Gasteiger partial charge >= 0.3 is 0 Å². The fraction of sp³-hybridized carbons (Fsp3) is 0.886. The molecule has 1 aliphatic carbocycles. The average molecular weight is 700 g/mol. The van der Waals surface area contributed by atoms with Crippen LogP contribution in [0.5, 0.6) is 0 Å². The van der Waals surface area contributed by atoms with Gasteiger partial charge in [-0.25, -0.2) is 0 Å². The van der Waals surface area contributed by atoms with Crippen molar-refractivity contribution in [1.82, 2.24) is 0 Å². The average Bonchev–Trinajstić information content (AvgIpc) is 3.13. The number of unbranched alkanes of at least 4 members (excludes halogenated alkanes) is 3. The van der Waals surface area contributed by atoms with Gasteiger partial charge in [-0.15, -0.1) is 0 Å². The summed E-state index contributed by atoms with van der Waals surface area (Å²) in [6.07, 6.45) is 15.2. The van der Waals surface area contributed by atoms with Crippen LogP contribution >= 0.6 is 0 Å². The number of hydrogen-bond donors (Lipinski definition) is 0. The second-order valence-corrected chi connectivity index (χ2v) is 36.4. The largest absolute Gasteiger partial charge is 0.520 e. The lowest BCUT2D eigenvalue weighted by Crippen LogP contribution is -2.36. The first kappa shape index (κ1) is 42.5. The van der Waals surface area contributed by atoms with Crippen LogP contribution in [0.25, 0.3) is 0 Å². The molecule has 1 saturated carbocycles. The molecule has 0 heterocycles. The van der Waals surface area contributed by atoms with Crippen LogP contribution in [-0.2, 0) is 22.9 Å². The number of hydrogen-bond acceptors (Lipinski definition) is 6. The standard InChI is InChI=1S/C35H73NO5Si4/c1-15-17-18-22-31(39-43(6,7)8)24-25-32-29(28-42(3,4)5)26-34(40-44(9,10)11)33(32)27-30(36-38-16-2)21-19-20-23-35(37)41-45(12,13)14/h24-25,29,31-34H,15-23,26-28H2,1-14H3/b25-24+,36-30+/t29-,31-,32+,33-,34-/m0/s1. The van der Waals surface area contributed by atoms with Crippen LogP contribution < -0.4 is 0 Å². The van der Waals surface area contributed by atoms with Crippen LogP contribution in [0.4, 0.5) is 0 Å². The van der Waals surface area contributed by atoms with Gasteiger partial charge in [-0.05, 0) is 122 Å². The van der Waals surface area contributed by atoms with Gasteiger partial charge in [-0.3, -0.25) is 4.79 Å². The Hall–Kier alpha value is -0.532. The molecule has 5 atom stereocenters. The molecule has 0 spiro atoms. The van der Waals surface area contributed by atoms with Crippen LogP contribution in [0.3, 0.4) is 0 Å². The van der Waals surface area contributed by atoms with Gasteiger partial charge in [0.15, 0.2) is 16.6 Å². The highest BCUT2D eigenvalue weighted by atomic mass is 28.4. The first-order valence-corrected chi connectivity index (χ1v) is 32.0. The van der Waals surface area contributed by atoms with E-state index in [1.165, 1.54) is 25.3 Å². The fourth-order valence-corrected chi connectivity index (χ4v) is 11.6. The van der Waals surface area contributed by atoms with Crippen LogP contribution in [0.2, 0.25) is 84.6 Å². The number of allylic oxidation sites excluding steroid dienone is 1. The third kappa shape index (κ3) is 20.4. The highest BCUT2D eigenvalue weighted by molar-refractivity contribution is 6.76. The molecular weight excluding hydrogens is 627 g/mol. The molecule has 0 amide bonds. The van der Waals surface area contributed by atoms with E-state index >= 15 is 0 Å². The summed E-state index contributed by atoms with van der Waals surface area (Å²) in [6, 6.07) is 1.30. The van der Waals surface area contributed by atoms with Crippen LogP contribution in [0.1, 0.15) is 78.1 Å². The maximum Gasteiger partial charge on any atom is 0.292 e. The molecule has 1 fully saturated rings. The fourth-order valence-electron chi connectivity index (χ4n) is 6.49. The van der Waals surface area contributed by atoms with Gasteiger partial charge in [-0.2, -0.15) is 0 Å². The summed E-state index contributed by atoms with van der Waals surface area (Å²) in [5, 5.41) is 4.67. The zero-order valence-corrected chi connectivity index (χ0v) is 36.0. The summed E-state index contributed by atoms with van der Waals surface area (Å²) in [4.78, 5) is 18.0. The van der Waals surface area contributed by atoms with Crippen molar-refractivity contribution in [2.45, 2.75) is 175 Å². The maximum absolute atomic E-state index is 12.4. The Bertz CT molecular complexity index is 915. The smallest absolute Gasteiger partial charge is 0.292 e. The number of nitrogens with zero attached hydrogens (tertiary/aromatic N) is 1. The van der Waals surface area contributed by atoms with E-state index in [1.54, 1.807) is 0 Å². The molecule has 264 valence electrons. The molecule has 0 aliphatic heterocycles. The van der Waals surface area contributed by atoms with Crippen molar-refractivity contribution < 1.29 is 22.9 Å². The quantitative estimate of drug-likeness (QED) is 0.0370. The van der Waals surface area contributed by atoms with E-state index in [4.69, 9.17) is 18.1 Å². The van der Waals surface area contributed by atoms with Crippen LogP contribution in [0.15, 0.2) is 17.3 Å². The lowest BCUT2D eigenvalue weighted by atomic mass is 9.84. The summed E-state index contributed by atoms with van der Waals surface area (Å²) in [5.41, 5.74) is 1.11.